The molecule has 0 aromatic heterocycles. The predicted molar refractivity (Wildman–Crippen MR) is 73.3 cm³/mol. The first-order chi connectivity index (χ1) is 8.42. The summed E-state index contributed by atoms with van der Waals surface area (Å²) in [4.78, 5) is 14.3. The molecule has 0 aromatic rings. The van der Waals surface area contributed by atoms with E-state index in [2.05, 4.69) is 18.7 Å². The van der Waals surface area contributed by atoms with E-state index in [-0.39, 0.29) is 5.97 Å². The van der Waals surface area contributed by atoms with Crippen molar-refractivity contribution in [2.45, 2.75) is 71.0 Å². The van der Waals surface area contributed by atoms with Crippen molar-refractivity contribution >= 4 is 5.97 Å². The van der Waals surface area contributed by atoms with Crippen molar-refractivity contribution in [3.8, 4) is 0 Å². The third kappa shape index (κ3) is 3.69. The van der Waals surface area contributed by atoms with Gasteiger partial charge in [-0.05, 0) is 53.0 Å². The van der Waals surface area contributed by atoms with Gasteiger partial charge < -0.3 is 10.5 Å². The van der Waals surface area contributed by atoms with E-state index >= 15 is 0 Å². The number of likely N-dealkylation sites (tertiary alicyclic amines) is 1. The van der Waals surface area contributed by atoms with Gasteiger partial charge in [0.1, 0.15) is 5.54 Å². The van der Waals surface area contributed by atoms with E-state index in [1.165, 1.54) is 19.3 Å². The molecule has 2 N–H and O–H groups in total. The number of hydrogen-bond acceptors (Lipinski definition) is 4. The van der Waals surface area contributed by atoms with E-state index in [1.807, 2.05) is 6.92 Å². The maximum absolute atomic E-state index is 11.8. The molecule has 106 valence electrons. The Labute approximate surface area is 111 Å². The van der Waals surface area contributed by atoms with Crippen LogP contribution in [0.4, 0.5) is 0 Å². The molecule has 1 aliphatic rings. The summed E-state index contributed by atoms with van der Waals surface area (Å²) in [6, 6.07) is 0.981. The molecular weight excluding hydrogens is 228 g/mol. The highest BCUT2D eigenvalue weighted by Gasteiger charge is 2.36. The molecule has 0 aliphatic carbocycles. The summed E-state index contributed by atoms with van der Waals surface area (Å²) in [7, 11) is 0. The van der Waals surface area contributed by atoms with Crippen molar-refractivity contribution in [2.24, 2.45) is 5.73 Å². The average molecular weight is 256 g/mol. The Hall–Kier alpha value is -0.610. The van der Waals surface area contributed by atoms with Crippen molar-refractivity contribution in [3.63, 3.8) is 0 Å². The van der Waals surface area contributed by atoms with Crippen LogP contribution in [0.2, 0.25) is 0 Å². The molecule has 0 saturated carbocycles. The van der Waals surface area contributed by atoms with Gasteiger partial charge in [-0.3, -0.25) is 9.69 Å². The van der Waals surface area contributed by atoms with Crippen molar-refractivity contribution in [3.05, 3.63) is 0 Å². The molecule has 0 spiro atoms. The summed E-state index contributed by atoms with van der Waals surface area (Å²) >= 11 is 0. The predicted octanol–water partition coefficient (Wildman–Crippen LogP) is 1.92. The normalized spacial score (nSPS) is 25.7. The molecule has 1 heterocycles. The van der Waals surface area contributed by atoms with Gasteiger partial charge in [-0.2, -0.15) is 0 Å². The summed E-state index contributed by atoms with van der Waals surface area (Å²) in [6.45, 7) is 9.49. The van der Waals surface area contributed by atoms with Gasteiger partial charge in [-0.25, -0.2) is 0 Å². The molecule has 0 bridgehead atoms. The van der Waals surface area contributed by atoms with Crippen LogP contribution in [0.3, 0.4) is 0 Å². The lowest BCUT2D eigenvalue weighted by Crippen LogP contribution is -2.51. The zero-order valence-corrected chi connectivity index (χ0v) is 12.2. The molecule has 4 nitrogen and oxygen atoms in total. The van der Waals surface area contributed by atoms with Gasteiger partial charge in [0, 0.05) is 12.1 Å². The number of carbonyl (C=O) groups excluding carboxylic acids is 1. The summed E-state index contributed by atoms with van der Waals surface area (Å²) in [5.74, 6) is -0.288. The second-order valence-corrected chi connectivity index (χ2v) is 5.63. The van der Waals surface area contributed by atoms with E-state index < -0.39 is 5.54 Å². The molecule has 1 fully saturated rings. The number of nitrogens with two attached hydrogens (primary N) is 1. The molecule has 0 radical (unpaired) electrons. The first-order valence-corrected chi connectivity index (χ1v) is 7.14. The van der Waals surface area contributed by atoms with Gasteiger partial charge in [-0.15, -0.1) is 0 Å². The first kappa shape index (κ1) is 15.4. The van der Waals surface area contributed by atoms with Crippen molar-refractivity contribution < 1.29 is 9.53 Å². The quantitative estimate of drug-likeness (QED) is 0.738. The lowest BCUT2D eigenvalue weighted by atomic mass is 9.93. The third-order valence-corrected chi connectivity index (χ3v) is 3.92. The smallest absolute Gasteiger partial charge is 0.325 e. The van der Waals surface area contributed by atoms with Crippen molar-refractivity contribution in [1.82, 2.24) is 4.90 Å². The minimum absolute atomic E-state index is 0.288. The fraction of sp³-hybridized carbons (Fsp3) is 0.929. The molecule has 18 heavy (non-hydrogen) atoms. The Bertz CT molecular complexity index is 279. The lowest BCUT2D eigenvalue weighted by molar-refractivity contribution is -0.149. The van der Waals surface area contributed by atoms with Crippen LogP contribution in [0.5, 0.6) is 0 Å². The standard InChI is InChI=1S/C14H28N2O2/c1-5-12-8-7-9-16(12)11(3)10-14(4,15)13(17)18-6-2/h11-12H,5-10,15H2,1-4H3. The van der Waals surface area contributed by atoms with E-state index in [1.54, 1.807) is 6.92 Å². The Morgan fingerprint density at radius 1 is 1.56 bits per heavy atom. The molecular formula is C14H28N2O2. The summed E-state index contributed by atoms with van der Waals surface area (Å²) in [6.07, 6.45) is 4.35. The van der Waals surface area contributed by atoms with Crippen molar-refractivity contribution in [1.29, 1.82) is 0 Å². The second kappa shape index (κ2) is 6.53. The van der Waals surface area contributed by atoms with E-state index in [0.717, 1.165) is 6.54 Å². The largest absolute Gasteiger partial charge is 0.465 e. The molecule has 3 atom stereocenters. The van der Waals surface area contributed by atoms with E-state index in [0.29, 0.717) is 25.1 Å². The van der Waals surface area contributed by atoms with Gasteiger partial charge in [0.05, 0.1) is 6.61 Å². The van der Waals surface area contributed by atoms with Gasteiger partial charge in [-0.1, -0.05) is 6.92 Å². The van der Waals surface area contributed by atoms with Crippen LogP contribution in [-0.4, -0.2) is 41.6 Å². The van der Waals surface area contributed by atoms with Gasteiger partial charge >= 0.3 is 5.97 Å². The minimum atomic E-state index is -0.879. The average Bonchev–Trinajstić information content (AvgIpc) is 2.76. The number of rotatable bonds is 6. The Kier molecular flexibility index (Phi) is 5.60. The SMILES string of the molecule is CCOC(=O)C(C)(N)CC(C)N1CCCC1CC. The summed E-state index contributed by atoms with van der Waals surface area (Å²) in [5.41, 5.74) is 5.22. The van der Waals surface area contributed by atoms with Crippen LogP contribution in [0, 0.1) is 0 Å². The van der Waals surface area contributed by atoms with Crippen LogP contribution in [0.25, 0.3) is 0 Å². The van der Waals surface area contributed by atoms with Crippen LogP contribution < -0.4 is 5.73 Å². The van der Waals surface area contributed by atoms with Gasteiger partial charge in [0.25, 0.3) is 0 Å². The van der Waals surface area contributed by atoms with Crippen LogP contribution >= 0.6 is 0 Å². The molecule has 4 heteroatoms. The third-order valence-electron chi connectivity index (χ3n) is 3.92. The molecule has 0 amide bonds. The Morgan fingerprint density at radius 3 is 2.78 bits per heavy atom. The van der Waals surface area contributed by atoms with Crippen LogP contribution in [0.15, 0.2) is 0 Å². The zero-order chi connectivity index (χ0) is 13.8. The second-order valence-electron chi connectivity index (χ2n) is 5.63. The molecule has 3 unspecified atom stereocenters. The lowest BCUT2D eigenvalue weighted by Gasteiger charge is -2.34. The fourth-order valence-corrected chi connectivity index (χ4v) is 2.99. The number of carbonyl (C=O) groups is 1. The summed E-state index contributed by atoms with van der Waals surface area (Å²) in [5, 5.41) is 0. The molecule has 1 aliphatic heterocycles. The van der Waals surface area contributed by atoms with Crippen LogP contribution in [-0.2, 0) is 9.53 Å². The highest BCUT2D eigenvalue weighted by molar-refractivity contribution is 5.80. The number of ether oxygens (including phenoxy) is 1. The molecule has 1 rings (SSSR count). The highest BCUT2D eigenvalue weighted by atomic mass is 16.5. The van der Waals surface area contributed by atoms with Crippen molar-refractivity contribution in [2.75, 3.05) is 13.2 Å². The molecule has 0 aromatic carbocycles. The number of esters is 1. The maximum atomic E-state index is 11.8. The number of nitrogens with zero attached hydrogens (tertiary/aromatic N) is 1. The summed E-state index contributed by atoms with van der Waals surface area (Å²) < 4.78 is 5.04. The monoisotopic (exact) mass is 256 g/mol. The Balaban J connectivity index is 2.57. The highest BCUT2D eigenvalue weighted by Crippen LogP contribution is 2.26. The topological polar surface area (TPSA) is 55.6 Å². The van der Waals surface area contributed by atoms with Gasteiger partial charge in [0.15, 0.2) is 0 Å². The zero-order valence-electron chi connectivity index (χ0n) is 12.2. The van der Waals surface area contributed by atoms with Gasteiger partial charge in [0.2, 0.25) is 0 Å². The molecule has 1 saturated heterocycles. The van der Waals surface area contributed by atoms with Crippen LogP contribution in [0.1, 0.15) is 53.4 Å². The van der Waals surface area contributed by atoms with E-state index in [9.17, 15) is 4.79 Å². The Morgan fingerprint density at radius 2 is 2.22 bits per heavy atom. The van der Waals surface area contributed by atoms with E-state index in [4.69, 9.17) is 10.5 Å². The maximum Gasteiger partial charge on any atom is 0.325 e. The first-order valence-electron chi connectivity index (χ1n) is 7.14. The number of hydrogen-bond donors (Lipinski definition) is 1. The minimum Gasteiger partial charge on any atom is -0.465 e. The fourth-order valence-electron chi connectivity index (χ4n) is 2.99.